The zero-order valence-corrected chi connectivity index (χ0v) is 17.4. The maximum absolute atomic E-state index is 5.88. The summed E-state index contributed by atoms with van der Waals surface area (Å²) in [6.45, 7) is 10.5. The molecular formula is C21H40O6. The highest BCUT2D eigenvalue weighted by molar-refractivity contribution is 4.67. The lowest BCUT2D eigenvalue weighted by atomic mass is 10.2. The van der Waals surface area contributed by atoms with Crippen molar-refractivity contribution >= 4 is 0 Å². The van der Waals surface area contributed by atoms with Crippen LogP contribution in [0.5, 0.6) is 0 Å². The van der Waals surface area contributed by atoms with Crippen LogP contribution in [0.3, 0.4) is 0 Å². The van der Waals surface area contributed by atoms with Crippen molar-refractivity contribution in [2.75, 3.05) is 52.9 Å². The third-order valence-corrected chi connectivity index (χ3v) is 4.68. The van der Waals surface area contributed by atoms with Crippen molar-refractivity contribution in [1.82, 2.24) is 0 Å². The highest BCUT2D eigenvalue weighted by atomic mass is 16.7. The first-order valence-electron chi connectivity index (χ1n) is 10.8. The van der Waals surface area contributed by atoms with Crippen molar-refractivity contribution in [1.29, 1.82) is 0 Å². The van der Waals surface area contributed by atoms with Gasteiger partial charge in [0.1, 0.15) is 12.2 Å². The van der Waals surface area contributed by atoms with Gasteiger partial charge in [-0.15, -0.1) is 0 Å². The molecule has 0 aromatic heterocycles. The fraction of sp³-hybridized carbons (Fsp3) is 1.00. The van der Waals surface area contributed by atoms with Crippen molar-refractivity contribution in [3.05, 3.63) is 0 Å². The lowest BCUT2D eigenvalue weighted by Crippen LogP contribution is -2.29. The molecule has 2 fully saturated rings. The molecule has 2 heterocycles. The van der Waals surface area contributed by atoms with E-state index in [4.69, 9.17) is 28.4 Å². The van der Waals surface area contributed by atoms with Gasteiger partial charge < -0.3 is 28.4 Å². The molecule has 2 saturated heterocycles. The molecule has 2 unspecified atom stereocenters. The molecule has 0 spiro atoms. The van der Waals surface area contributed by atoms with Crippen LogP contribution in [-0.2, 0) is 28.4 Å². The average molecular weight is 389 g/mol. The fourth-order valence-corrected chi connectivity index (χ4v) is 2.76. The largest absolute Gasteiger partial charge is 0.379 e. The van der Waals surface area contributed by atoms with E-state index in [1.54, 1.807) is 0 Å². The third-order valence-electron chi connectivity index (χ3n) is 4.68. The predicted molar refractivity (Wildman–Crippen MR) is 104 cm³/mol. The molecule has 0 aromatic rings. The molecule has 0 aliphatic carbocycles. The van der Waals surface area contributed by atoms with Gasteiger partial charge in [-0.1, -0.05) is 25.7 Å². The number of epoxide rings is 2. The van der Waals surface area contributed by atoms with Gasteiger partial charge in [-0.25, -0.2) is 0 Å². The van der Waals surface area contributed by atoms with Gasteiger partial charge in [0, 0.05) is 26.4 Å². The topological polar surface area (TPSA) is 62.0 Å². The molecule has 0 amide bonds. The van der Waals surface area contributed by atoms with Crippen LogP contribution in [0.1, 0.15) is 65.2 Å². The lowest BCUT2D eigenvalue weighted by molar-refractivity contribution is -0.214. The zero-order chi connectivity index (χ0) is 19.2. The Bertz CT molecular complexity index is 323. The number of hydrogen-bond donors (Lipinski definition) is 0. The minimum Gasteiger partial charge on any atom is -0.379 e. The van der Waals surface area contributed by atoms with Gasteiger partial charge in [-0.05, 0) is 39.5 Å². The van der Waals surface area contributed by atoms with Crippen molar-refractivity contribution in [3.8, 4) is 0 Å². The summed E-state index contributed by atoms with van der Waals surface area (Å²) in [6, 6.07) is 0. The Labute approximate surface area is 165 Å². The molecule has 6 nitrogen and oxygen atoms in total. The van der Waals surface area contributed by atoms with Crippen LogP contribution in [0.15, 0.2) is 0 Å². The molecule has 6 heteroatoms. The van der Waals surface area contributed by atoms with E-state index >= 15 is 0 Å². The van der Waals surface area contributed by atoms with E-state index in [1.807, 2.05) is 13.8 Å². The monoisotopic (exact) mass is 388 g/mol. The second-order valence-electron chi connectivity index (χ2n) is 7.99. The van der Waals surface area contributed by atoms with Gasteiger partial charge in [0.2, 0.25) is 0 Å². The number of hydrogen-bond acceptors (Lipinski definition) is 6. The summed E-state index contributed by atoms with van der Waals surface area (Å²) in [6.07, 6.45) is 9.86. The van der Waals surface area contributed by atoms with Gasteiger partial charge >= 0.3 is 0 Å². The quantitative estimate of drug-likeness (QED) is 0.180. The molecule has 0 bridgehead atoms. The Hall–Kier alpha value is -0.240. The average Bonchev–Trinajstić information content (AvgIpc) is 3.53. The molecule has 0 aromatic carbocycles. The van der Waals surface area contributed by atoms with Crippen molar-refractivity contribution < 1.29 is 28.4 Å². The van der Waals surface area contributed by atoms with Crippen LogP contribution < -0.4 is 0 Å². The summed E-state index contributed by atoms with van der Waals surface area (Å²) in [4.78, 5) is 0. The highest BCUT2D eigenvalue weighted by Crippen LogP contribution is 2.15. The van der Waals surface area contributed by atoms with E-state index < -0.39 is 5.79 Å². The lowest BCUT2D eigenvalue weighted by Gasteiger charge is -2.25. The molecule has 2 rings (SSSR count). The minimum absolute atomic E-state index is 0.377. The molecular weight excluding hydrogens is 348 g/mol. The summed E-state index contributed by atoms with van der Waals surface area (Å²) >= 11 is 0. The predicted octanol–water partition coefficient (Wildman–Crippen LogP) is 3.71. The first kappa shape index (κ1) is 23.0. The van der Waals surface area contributed by atoms with Crippen LogP contribution in [0, 0.1) is 0 Å². The second-order valence-corrected chi connectivity index (χ2v) is 7.99. The van der Waals surface area contributed by atoms with Gasteiger partial charge in [0.05, 0.1) is 26.4 Å². The SMILES string of the molecule is CC(C)(OCCCCCCOCC1CO1)OCCCCCCOCC1CO1. The van der Waals surface area contributed by atoms with E-state index in [9.17, 15) is 0 Å². The number of rotatable bonds is 20. The normalized spacial score (nSPS) is 21.6. The van der Waals surface area contributed by atoms with E-state index in [0.717, 1.165) is 78.5 Å². The van der Waals surface area contributed by atoms with E-state index in [-0.39, 0.29) is 0 Å². The van der Waals surface area contributed by atoms with Crippen molar-refractivity contribution in [2.24, 2.45) is 0 Å². The maximum atomic E-state index is 5.88. The minimum atomic E-state index is -0.485. The van der Waals surface area contributed by atoms with Crippen LogP contribution in [-0.4, -0.2) is 70.9 Å². The third kappa shape index (κ3) is 14.4. The van der Waals surface area contributed by atoms with Crippen LogP contribution in [0.4, 0.5) is 0 Å². The van der Waals surface area contributed by atoms with Gasteiger partial charge in [0.25, 0.3) is 0 Å². The summed E-state index contributed by atoms with van der Waals surface area (Å²) in [5.74, 6) is -0.485. The van der Waals surface area contributed by atoms with Gasteiger partial charge in [-0.3, -0.25) is 0 Å². The molecule has 27 heavy (non-hydrogen) atoms. The highest BCUT2D eigenvalue weighted by Gasteiger charge is 2.22. The Kier molecular flexibility index (Phi) is 11.8. The van der Waals surface area contributed by atoms with Crippen molar-refractivity contribution in [3.63, 3.8) is 0 Å². The van der Waals surface area contributed by atoms with E-state index in [0.29, 0.717) is 12.2 Å². The Balaban J connectivity index is 1.27. The van der Waals surface area contributed by atoms with Crippen LogP contribution in [0.2, 0.25) is 0 Å². The summed E-state index contributed by atoms with van der Waals surface area (Å²) < 4.78 is 33.0. The molecule has 2 atom stereocenters. The number of ether oxygens (including phenoxy) is 6. The van der Waals surface area contributed by atoms with Crippen LogP contribution >= 0.6 is 0 Å². The number of unbranched alkanes of at least 4 members (excludes halogenated alkanes) is 6. The molecule has 2 aliphatic heterocycles. The van der Waals surface area contributed by atoms with Gasteiger partial charge in [0.15, 0.2) is 5.79 Å². The maximum Gasteiger partial charge on any atom is 0.162 e. The summed E-state index contributed by atoms with van der Waals surface area (Å²) in [5, 5.41) is 0. The molecule has 160 valence electrons. The Morgan fingerprint density at radius 1 is 0.630 bits per heavy atom. The standard InChI is InChI=1S/C21H40O6/c1-21(2,26-13-9-5-3-7-11-22-15-19-17-24-19)27-14-10-6-4-8-12-23-16-20-18-25-20/h19-20H,3-18H2,1-2H3. The summed E-state index contributed by atoms with van der Waals surface area (Å²) in [5.41, 5.74) is 0. The zero-order valence-electron chi connectivity index (χ0n) is 17.4. The molecule has 0 N–H and O–H groups in total. The van der Waals surface area contributed by atoms with Crippen LogP contribution in [0.25, 0.3) is 0 Å². The fourth-order valence-electron chi connectivity index (χ4n) is 2.76. The Morgan fingerprint density at radius 2 is 1.00 bits per heavy atom. The second kappa shape index (κ2) is 13.9. The van der Waals surface area contributed by atoms with E-state index in [2.05, 4.69) is 0 Å². The molecule has 2 aliphatic rings. The summed E-state index contributed by atoms with van der Waals surface area (Å²) in [7, 11) is 0. The molecule has 0 radical (unpaired) electrons. The first-order valence-corrected chi connectivity index (χ1v) is 10.8. The van der Waals surface area contributed by atoms with Crippen molar-refractivity contribution in [2.45, 2.75) is 83.2 Å². The smallest absolute Gasteiger partial charge is 0.162 e. The molecule has 0 saturated carbocycles. The van der Waals surface area contributed by atoms with Gasteiger partial charge in [-0.2, -0.15) is 0 Å². The first-order chi connectivity index (χ1) is 13.2. The Morgan fingerprint density at radius 3 is 1.37 bits per heavy atom. The van der Waals surface area contributed by atoms with E-state index in [1.165, 1.54) is 25.7 Å².